The van der Waals surface area contributed by atoms with Gasteiger partial charge in [0.05, 0.1) is 6.26 Å². The number of nitrogens with one attached hydrogen (secondary N) is 1. The van der Waals surface area contributed by atoms with E-state index in [0.29, 0.717) is 0 Å². The van der Waals surface area contributed by atoms with Gasteiger partial charge in [-0.05, 0) is 36.9 Å². The summed E-state index contributed by atoms with van der Waals surface area (Å²) in [5.74, 6) is 0.958. The van der Waals surface area contributed by atoms with Crippen molar-refractivity contribution in [3.63, 3.8) is 0 Å². The maximum Gasteiger partial charge on any atom is 0.123 e. The second-order valence-corrected chi connectivity index (χ2v) is 4.09. The van der Waals surface area contributed by atoms with E-state index in [4.69, 9.17) is 4.42 Å². The van der Waals surface area contributed by atoms with Crippen molar-refractivity contribution in [2.45, 2.75) is 12.3 Å². The SMILES string of the molecule is CNCC(Cc1ccco1)c1cccc(F)c1. The molecule has 3 heteroatoms. The van der Waals surface area contributed by atoms with Gasteiger partial charge in [-0.25, -0.2) is 4.39 Å². The molecule has 2 rings (SSSR count). The standard InChI is InChI=1S/C14H16FNO/c1-16-10-12(9-14-6-3-7-17-14)11-4-2-5-13(15)8-11/h2-8,12,16H,9-10H2,1H3. The number of likely N-dealkylation sites (N-methyl/N-ethyl adjacent to an activating group) is 1. The lowest BCUT2D eigenvalue weighted by atomic mass is 9.94. The van der Waals surface area contributed by atoms with Crippen LogP contribution < -0.4 is 5.32 Å². The zero-order chi connectivity index (χ0) is 12.1. The lowest BCUT2D eigenvalue weighted by molar-refractivity contribution is 0.478. The van der Waals surface area contributed by atoms with Crippen LogP contribution in [0.1, 0.15) is 17.2 Å². The third-order valence-electron chi connectivity index (χ3n) is 2.80. The van der Waals surface area contributed by atoms with Gasteiger partial charge < -0.3 is 9.73 Å². The van der Waals surface area contributed by atoms with Crippen LogP contribution in [0.25, 0.3) is 0 Å². The molecule has 0 saturated heterocycles. The van der Waals surface area contributed by atoms with E-state index < -0.39 is 0 Å². The second kappa shape index (κ2) is 5.64. The fourth-order valence-corrected chi connectivity index (χ4v) is 1.99. The van der Waals surface area contributed by atoms with E-state index in [2.05, 4.69) is 5.32 Å². The van der Waals surface area contributed by atoms with Crippen LogP contribution in [0.2, 0.25) is 0 Å². The summed E-state index contributed by atoms with van der Waals surface area (Å²) >= 11 is 0. The fourth-order valence-electron chi connectivity index (χ4n) is 1.99. The molecule has 1 heterocycles. The van der Waals surface area contributed by atoms with Crippen LogP contribution in [-0.2, 0) is 6.42 Å². The van der Waals surface area contributed by atoms with Crippen molar-refractivity contribution in [2.75, 3.05) is 13.6 Å². The molecule has 0 aliphatic rings. The highest BCUT2D eigenvalue weighted by molar-refractivity contribution is 5.22. The predicted octanol–water partition coefficient (Wildman–Crippen LogP) is 2.96. The van der Waals surface area contributed by atoms with Gasteiger partial charge in [0.2, 0.25) is 0 Å². The van der Waals surface area contributed by atoms with E-state index >= 15 is 0 Å². The van der Waals surface area contributed by atoms with Gasteiger partial charge >= 0.3 is 0 Å². The molecule has 0 saturated carbocycles. The molecule has 2 aromatic rings. The molecule has 1 aromatic carbocycles. The molecular weight excluding hydrogens is 217 g/mol. The van der Waals surface area contributed by atoms with Crippen LogP contribution in [0.3, 0.4) is 0 Å². The van der Waals surface area contributed by atoms with Crippen LogP contribution in [0, 0.1) is 5.82 Å². The van der Waals surface area contributed by atoms with Gasteiger partial charge in [-0.3, -0.25) is 0 Å². The highest BCUT2D eigenvalue weighted by Gasteiger charge is 2.13. The highest BCUT2D eigenvalue weighted by atomic mass is 19.1. The summed E-state index contributed by atoms with van der Waals surface area (Å²) in [6.45, 7) is 0.796. The number of hydrogen-bond donors (Lipinski definition) is 1. The van der Waals surface area contributed by atoms with Gasteiger partial charge in [0.25, 0.3) is 0 Å². The van der Waals surface area contributed by atoms with Gasteiger partial charge in [0, 0.05) is 18.9 Å². The van der Waals surface area contributed by atoms with E-state index in [-0.39, 0.29) is 11.7 Å². The molecule has 0 aliphatic carbocycles. The minimum atomic E-state index is -0.192. The number of furan rings is 1. The van der Waals surface area contributed by atoms with Crippen LogP contribution in [-0.4, -0.2) is 13.6 Å². The molecule has 1 N–H and O–H groups in total. The third kappa shape index (κ3) is 3.17. The summed E-state index contributed by atoms with van der Waals surface area (Å²) in [7, 11) is 1.90. The lowest BCUT2D eigenvalue weighted by Crippen LogP contribution is -2.19. The zero-order valence-corrected chi connectivity index (χ0v) is 9.82. The van der Waals surface area contributed by atoms with Crippen molar-refractivity contribution in [2.24, 2.45) is 0 Å². The molecule has 0 radical (unpaired) electrons. The first kappa shape index (κ1) is 11.9. The number of rotatable bonds is 5. The Morgan fingerprint density at radius 2 is 2.18 bits per heavy atom. The lowest BCUT2D eigenvalue weighted by Gasteiger charge is -2.15. The number of benzene rings is 1. The predicted molar refractivity (Wildman–Crippen MR) is 65.5 cm³/mol. The van der Waals surface area contributed by atoms with Crippen molar-refractivity contribution >= 4 is 0 Å². The van der Waals surface area contributed by atoms with Gasteiger partial charge in [-0.2, -0.15) is 0 Å². The average Bonchev–Trinajstić information content (AvgIpc) is 2.81. The van der Waals surface area contributed by atoms with Crippen molar-refractivity contribution in [3.8, 4) is 0 Å². The molecule has 1 unspecified atom stereocenters. The summed E-state index contributed by atoms with van der Waals surface area (Å²) in [6.07, 6.45) is 2.44. The monoisotopic (exact) mass is 233 g/mol. The van der Waals surface area contributed by atoms with Crippen molar-refractivity contribution in [1.29, 1.82) is 0 Å². The zero-order valence-electron chi connectivity index (χ0n) is 9.82. The largest absolute Gasteiger partial charge is 0.469 e. The molecule has 1 aromatic heterocycles. The Hall–Kier alpha value is -1.61. The minimum Gasteiger partial charge on any atom is -0.469 e. The summed E-state index contributed by atoms with van der Waals surface area (Å²) in [6, 6.07) is 10.6. The fraction of sp³-hybridized carbons (Fsp3) is 0.286. The Labute approximate surface area is 100 Å². The highest BCUT2D eigenvalue weighted by Crippen LogP contribution is 2.21. The molecule has 1 atom stereocenters. The van der Waals surface area contributed by atoms with E-state index in [1.807, 2.05) is 25.2 Å². The van der Waals surface area contributed by atoms with Gasteiger partial charge in [0.15, 0.2) is 0 Å². The average molecular weight is 233 g/mol. The van der Waals surface area contributed by atoms with E-state index in [9.17, 15) is 4.39 Å². The van der Waals surface area contributed by atoms with Gasteiger partial charge in [-0.1, -0.05) is 12.1 Å². The van der Waals surface area contributed by atoms with Gasteiger partial charge in [0.1, 0.15) is 11.6 Å². The Morgan fingerprint density at radius 3 is 2.82 bits per heavy atom. The number of hydrogen-bond acceptors (Lipinski definition) is 2. The molecule has 0 bridgehead atoms. The minimum absolute atomic E-state index is 0.192. The maximum absolute atomic E-state index is 13.2. The van der Waals surface area contributed by atoms with Crippen LogP contribution in [0.4, 0.5) is 4.39 Å². The smallest absolute Gasteiger partial charge is 0.123 e. The summed E-state index contributed by atoms with van der Waals surface area (Å²) in [5, 5.41) is 3.13. The number of halogens is 1. The molecule has 0 spiro atoms. The molecule has 90 valence electrons. The maximum atomic E-state index is 13.2. The molecule has 2 nitrogen and oxygen atoms in total. The topological polar surface area (TPSA) is 25.2 Å². The Kier molecular flexibility index (Phi) is 3.94. The normalized spacial score (nSPS) is 12.6. The second-order valence-electron chi connectivity index (χ2n) is 4.09. The summed E-state index contributed by atoms with van der Waals surface area (Å²) in [4.78, 5) is 0. The van der Waals surface area contributed by atoms with Gasteiger partial charge in [-0.15, -0.1) is 0 Å². The first-order chi connectivity index (χ1) is 8.29. The van der Waals surface area contributed by atoms with E-state index in [1.54, 1.807) is 18.4 Å². The van der Waals surface area contributed by atoms with E-state index in [1.165, 1.54) is 6.07 Å². The van der Waals surface area contributed by atoms with Crippen molar-refractivity contribution in [1.82, 2.24) is 5.32 Å². The van der Waals surface area contributed by atoms with Crippen molar-refractivity contribution < 1.29 is 8.81 Å². The Morgan fingerprint density at radius 1 is 1.29 bits per heavy atom. The molecule has 0 aliphatic heterocycles. The quantitative estimate of drug-likeness (QED) is 0.859. The first-order valence-electron chi connectivity index (χ1n) is 5.72. The van der Waals surface area contributed by atoms with Crippen molar-refractivity contribution in [3.05, 3.63) is 59.8 Å². The van der Waals surface area contributed by atoms with Crippen LogP contribution >= 0.6 is 0 Å². The Bertz CT molecular complexity index is 453. The summed E-state index contributed by atoms with van der Waals surface area (Å²) in [5.41, 5.74) is 0.996. The van der Waals surface area contributed by atoms with E-state index in [0.717, 1.165) is 24.3 Å². The Balaban J connectivity index is 2.16. The third-order valence-corrected chi connectivity index (χ3v) is 2.80. The molecule has 0 amide bonds. The van der Waals surface area contributed by atoms with Crippen LogP contribution in [0.15, 0.2) is 47.1 Å². The first-order valence-corrected chi connectivity index (χ1v) is 5.72. The molecular formula is C14H16FNO. The molecule has 17 heavy (non-hydrogen) atoms. The summed E-state index contributed by atoms with van der Waals surface area (Å²) < 4.78 is 18.5. The molecule has 0 fully saturated rings. The van der Waals surface area contributed by atoms with Crippen LogP contribution in [0.5, 0.6) is 0 Å².